The van der Waals surface area contributed by atoms with E-state index < -0.39 is 0 Å². The van der Waals surface area contributed by atoms with Crippen molar-refractivity contribution >= 4 is 0 Å². The Morgan fingerprint density at radius 3 is 2.73 bits per heavy atom. The van der Waals surface area contributed by atoms with Crippen LogP contribution in [0.1, 0.15) is 12.8 Å². The number of piperidine rings is 1. The third kappa shape index (κ3) is 2.79. The lowest BCUT2D eigenvalue weighted by Gasteiger charge is -2.23. The molecule has 1 aromatic rings. The van der Waals surface area contributed by atoms with Gasteiger partial charge in [-0.2, -0.15) is 0 Å². The summed E-state index contributed by atoms with van der Waals surface area (Å²) in [6, 6.07) is 1.71. The molecule has 1 fully saturated rings. The normalized spacial score (nSPS) is 17.4. The lowest BCUT2D eigenvalue weighted by Crippen LogP contribution is -2.34. The first kappa shape index (κ1) is 10.2. The third-order valence-corrected chi connectivity index (χ3v) is 2.40. The monoisotopic (exact) mass is 209 g/mol. The molecule has 0 aromatic carbocycles. The number of hydrogen-bond acceptors (Lipinski definition) is 5. The molecule has 0 spiro atoms. The molecular weight excluding hydrogens is 194 g/mol. The van der Waals surface area contributed by atoms with Crippen LogP contribution < -0.4 is 14.8 Å². The average Bonchev–Trinajstić information content (AvgIpc) is 2.31. The van der Waals surface area contributed by atoms with Crippen molar-refractivity contribution in [2.24, 2.45) is 0 Å². The summed E-state index contributed by atoms with van der Waals surface area (Å²) in [6.07, 6.45) is 3.75. The lowest BCUT2D eigenvalue weighted by atomic mass is 10.1. The van der Waals surface area contributed by atoms with Gasteiger partial charge in [0, 0.05) is 0 Å². The maximum Gasteiger partial charge on any atom is 0.220 e. The molecule has 0 atom stereocenters. The second-order valence-corrected chi connectivity index (χ2v) is 3.47. The van der Waals surface area contributed by atoms with Crippen LogP contribution in [0.15, 0.2) is 12.4 Å². The Labute approximate surface area is 88.8 Å². The van der Waals surface area contributed by atoms with Gasteiger partial charge in [-0.25, -0.2) is 9.97 Å². The van der Waals surface area contributed by atoms with Crippen LogP contribution in [0.5, 0.6) is 11.8 Å². The van der Waals surface area contributed by atoms with Gasteiger partial charge in [-0.05, 0) is 25.9 Å². The van der Waals surface area contributed by atoms with E-state index in [-0.39, 0.29) is 6.10 Å². The van der Waals surface area contributed by atoms with Crippen molar-refractivity contribution < 1.29 is 9.47 Å². The number of ether oxygens (including phenoxy) is 2. The quantitative estimate of drug-likeness (QED) is 0.790. The summed E-state index contributed by atoms with van der Waals surface area (Å²) in [7, 11) is 1.58. The minimum Gasteiger partial charge on any atom is -0.481 e. The molecule has 0 unspecified atom stereocenters. The Hall–Kier alpha value is -1.36. The van der Waals surface area contributed by atoms with Crippen LogP contribution in [0, 0.1) is 0 Å². The zero-order valence-corrected chi connectivity index (χ0v) is 8.77. The number of nitrogens with one attached hydrogen (secondary N) is 1. The molecule has 2 heterocycles. The Morgan fingerprint density at radius 1 is 1.27 bits per heavy atom. The molecule has 0 amide bonds. The fraction of sp³-hybridized carbons (Fsp3) is 0.600. The second-order valence-electron chi connectivity index (χ2n) is 3.47. The standard InChI is InChI=1S/C10H15N3O2/c1-14-9-6-10(13-7-12-9)15-8-2-4-11-5-3-8/h6-8,11H,2-5H2,1H3. The van der Waals surface area contributed by atoms with Crippen molar-refractivity contribution in [2.45, 2.75) is 18.9 Å². The van der Waals surface area contributed by atoms with E-state index >= 15 is 0 Å². The van der Waals surface area contributed by atoms with E-state index in [1.165, 1.54) is 6.33 Å². The van der Waals surface area contributed by atoms with Crippen LogP contribution >= 0.6 is 0 Å². The summed E-state index contributed by atoms with van der Waals surface area (Å²) in [6.45, 7) is 2.01. The van der Waals surface area contributed by atoms with Gasteiger partial charge in [0.2, 0.25) is 11.8 Å². The highest BCUT2D eigenvalue weighted by Crippen LogP contribution is 2.16. The van der Waals surface area contributed by atoms with E-state index in [0.717, 1.165) is 25.9 Å². The minimum atomic E-state index is 0.255. The smallest absolute Gasteiger partial charge is 0.220 e. The van der Waals surface area contributed by atoms with E-state index in [4.69, 9.17) is 9.47 Å². The molecule has 0 bridgehead atoms. The van der Waals surface area contributed by atoms with Gasteiger partial charge in [-0.3, -0.25) is 0 Å². The average molecular weight is 209 g/mol. The fourth-order valence-electron chi connectivity index (χ4n) is 1.58. The van der Waals surface area contributed by atoms with Crippen LogP contribution in [0.3, 0.4) is 0 Å². The van der Waals surface area contributed by atoms with Crippen LogP contribution in [-0.4, -0.2) is 36.3 Å². The maximum atomic E-state index is 5.73. The van der Waals surface area contributed by atoms with E-state index in [1.54, 1.807) is 13.2 Å². The molecule has 1 aliphatic heterocycles. The van der Waals surface area contributed by atoms with Crippen molar-refractivity contribution in [1.82, 2.24) is 15.3 Å². The van der Waals surface area contributed by atoms with Gasteiger partial charge in [0.25, 0.3) is 0 Å². The topological polar surface area (TPSA) is 56.3 Å². The van der Waals surface area contributed by atoms with Crippen LogP contribution in [0.25, 0.3) is 0 Å². The highest BCUT2D eigenvalue weighted by atomic mass is 16.5. The number of hydrogen-bond donors (Lipinski definition) is 1. The zero-order chi connectivity index (χ0) is 10.5. The largest absolute Gasteiger partial charge is 0.481 e. The van der Waals surface area contributed by atoms with Gasteiger partial charge in [-0.1, -0.05) is 0 Å². The van der Waals surface area contributed by atoms with Crippen molar-refractivity contribution in [3.8, 4) is 11.8 Å². The zero-order valence-electron chi connectivity index (χ0n) is 8.77. The van der Waals surface area contributed by atoms with Crippen LogP contribution in [-0.2, 0) is 0 Å². The molecule has 0 saturated carbocycles. The SMILES string of the molecule is COc1cc(OC2CCNCC2)ncn1. The first-order valence-corrected chi connectivity index (χ1v) is 5.12. The Morgan fingerprint density at radius 2 is 2.00 bits per heavy atom. The van der Waals surface area contributed by atoms with Crippen molar-refractivity contribution in [1.29, 1.82) is 0 Å². The maximum absolute atomic E-state index is 5.73. The van der Waals surface area contributed by atoms with Gasteiger partial charge in [-0.15, -0.1) is 0 Å². The molecule has 0 radical (unpaired) electrons. The lowest BCUT2D eigenvalue weighted by molar-refractivity contribution is 0.155. The molecule has 82 valence electrons. The van der Waals surface area contributed by atoms with E-state index in [0.29, 0.717) is 11.8 Å². The molecule has 0 aliphatic carbocycles. The Kier molecular flexibility index (Phi) is 3.34. The van der Waals surface area contributed by atoms with Crippen LogP contribution in [0.2, 0.25) is 0 Å². The predicted octanol–water partition coefficient (Wildman–Crippen LogP) is 0.616. The molecule has 5 nitrogen and oxygen atoms in total. The van der Waals surface area contributed by atoms with Crippen molar-refractivity contribution in [3.05, 3.63) is 12.4 Å². The number of aromatic nitrogens is 2. The third-order valence-electron chi connectivity index (χ3n) is 2.40. The molecule has 2 rings (SSSR count). The molecule has 5 heteroatoms. The van der Waals surface area contributed by atoms with Crippen LogP contribution in [0.4, 0.5) is 0 Å². The summed E-state index contributed by atoms with van der Waals surface area (Å²) in [5, 5.41) is 3.29. The van der Waals surface area contributed by atoms with Gasteiger partial charge in [0.1, 0.15) is 12.4 Å². The van der Waals surface area contributed by atoms with E-state index in [2.05, 4.69) is 15.3 Å². The van der Waals surface area contributed by atoms with E-state index in [9.17, 15) is 0 Å². The number of rotatable bonds is 3. The first-order chi connectivity index (χ1) is 7.38. The number of nitrogens with zero attached hydrogens (tertiary/aromatic N) is 2. The second kappa shape index (κ2) is 4.93. The minimum absolute atomic E-state index is 0.255. The van der Waals surface area contributed by atoms with E-state index in [1.807, 2.05) is 0 Å². The summed E-state index contributed by atoms with van der Waals surface area (Å²) >= 11 is 0. The summed E-state index contributed by atoms with van der Waals surface area (Å²) in [4.78, 5) is 7.97. The predicted molar refractivity (Wildman–Crippen MR) is 55.1 cm³/mol. The number of methoxy groups -OCH3 is 1. The molecule has 1 aliphatic rings. The fourth-order valence-corrected chi connectivity index (χ4v) is 1.58. The first-order valence-electron chi connectivity index (χ1n) is 5.12. The molecule has 1 saturated heterocycles. The van der Waals surface area contributed by atoms with Crippen molar-refractivity contribution in [3.63, 3.8) is 0 Å². The van der Waals surface area contributed by atoms with Gasteiger partial charge < -0.3 is 14.8 Å². The Bertz CT molecular complexity index is 313. The van der Waals surface area contributed by atoms with Crippen molar-refractivity contribution in [2.75, 3.05) is 20.2 Å². The molecule has 1 aromatic heterocycles. The summed E-state index contributed by atoms with van der Waals surface area (Å²) < 4.78 is 10.7. The van der Waals surface area contributed by atoms with Gasteiger partial charge in [0.15, 0.2) is 0 Å². The summed E-state index contributed by atoms with van der Waals surface area (Å²) in [5.41, 5.74) is 0. The van der Waals surface area contributed by atoms with Gasteiger partial charge >= 0.3 is 0 Å². The highest BCUT2D eigenvalue weighted by Gasteiger charge is 2.15. The molecule has 1 N–H and O–H groups in total. The highest BCUT2D eigenvalue weighted by molar-refractivity contribution is 5.18. The Balaban J connectivity index is 1.96. The molecule has 15 heavy (non-hydrogen) atoms. The summed E-state index contributed by atoms with van der Waals surface area (Å²) in [5.74, 6) is 1.13. The molecular formula is C10H15N3O2. The van der Waals surface area contributed by atoms with Gasteiger partial charge in [0.05, 0.1) is 13.2 Å².